The van der Waals surface area contributed by atoms with Crippen LogP contribution in [0, 0.1) is 24.2 Å². The number of nitriles is 1. The first-order chi connectivity index (χ1) is 9.20. The summed E-state index contributed by atoms with van der Waals surface area (Å²) in [6, 6.07) is 13.5. The van der Waals surface area contributed by atoms with Crippen molar-refractivity contribution in [2.24, 2.45) is 5.92 Å². The molecule has 0 saturated carbocycles. The lowest BCUT2D eigenvalue weighted by molar-refractivity contribution is -0.118. The molecule has 1 aromatic heterocycles. The smallest absolute Gasteiger partial charge is 0.242 e. The molecule has 2 rings (SSSR count). The van der Waals surface area contributed by atoms with Crippen molar-refractivity contribution in [2.45, 2.75) is 13.3 Å². The van der Waals surface area contributed by atoms with E-state index in [4.69, 9.17) is 5.26 Å². The molecule has 0 radical (unpaired) electrons. The van der Waals surface area contributed by atoms with Gasteiger partial charge in [-0.25, -0.2) is 0 Å². The van der Waals surface area contributed by atoms with E-state index in [2.05, 4.69) is 11.4 Å². The van der Waals surface area contributed by atoms with Crippen molar-refractivity contribution in [3.63, 3.8) is 0 Å². The number of rotatable bonds is 4. The summed E-state index contributed by atoms with van der Waals surface area (Å²) in [7, 11) is 0. The van der Waals surface area contributed by atoms with Gasteiger partial charge < -0.3 is 5.32 Å². The van der Waals surface area contributed by atoms with Crippen molar-refractivity contribution >= 4 is 22.9 Å². The van der Waals surface area contributed by atoms with Crippen LogP contribution in [0.5, 0.6) is 0 Å². The van der Waals surface area contributed by atoms with Crippen molar-refractivity contribution in [3.8, 4) is 6.07 Å². The highest BCUT2D eigenvalue weighted by Crippen LogP contribution is 2.18. The zero-order valence-corrected chi connectivity index (χ0v) is 11.4. The van der Waals surface area contributed by atoms with Gasteiger partial charge in [-0.2, -0.15) is 5.26 Å². The molecular formula is C15H14N2OS. The molecule has 1 amide bonds. The van der Waals surface area contributed by atoms with E-state index in [1.807, 2.05) is 48.7 Å². The number of aryl methyl sites for hydroxylation is 1. The third-order valence-electron chi connectivity index (χ3n) is 2.86. The number of carbonyl (C=O) groups excluding carboxylic acids is 1. The Balaban J connectivity index is 2.06. The first-order valence-electron chi connectivity index (χ1n) is 5.99. The summed E-state index contributed by atoms with van der Waals surface area (Å²) in [6.45, 7) is 1.93. The van der Waals surface area contributed by atoms with E-state index in [-0.39, 0.29) is 5.91 Å². The number of nitrogens with zero attached hydrogens (tertiary/aromatic N) is 1. The first kappa shape index (κ1) is 13.3. The summed E-state index contributed by atoms with van der Waals surface area (Å²) in [5, 5.41) is 13.9. The Hall–Kier alpha value is -2.12. The minimum Gasteiger partial charge on any atom is -0.325 e. The molecule has 0 aliphatic heterocycles. The maximum absolute atomic E-state index is 12.1. The summed E-state index contributed by atoms with van der Waals surface area (Å²) in [6.07, 6.45) is 0.464. The minimum absolute atomic E-state index is 0.245. The third kappa shape index (κ3) is 3.43. The highest BCUT2D eigenvalue weighted by molar-refractivity contribution is 7.09. The molecule has 3 nitrogen and oxygen atoms in total. The quantitative estimate of drug-likeness (QED) is 0.926. The topological polar surface area (TPSA) is 52.9 Å². The fourth-order valence-electron chi connectivity index (χ4n) is 1.76. The fourth-order valence-corrected chi connectivity index (χ4v) is 2.51. The molecule has 0 aliphatic rings. The predicted octanol–water partition coefficient (Wildman–Crippen LogP) is 3.38. The van der Waals surface area contributed by atoms with E-state index in [0.717, 1.165) is 16.1 Å². The molecule has 0 bridgehead atoms. The molecule has 1 heterocycles. The summed E-state index contributed by atoms with van der Waals surface area (Å²) < 4.78 is 0. The van der Waals surface area contributed by atoms with Crippen LogP contribution in [0.2, 0.25) is 0 Å². The first-order valence-corrected chi connectivity index (χ1v) is 6.87. The second-order valence-electron chi connectivity index (χ2n) is 4.27. The maximum Gasteiger partial charge on any atom is 0.242 e. The summed E-state index contributed by atoms with van der Waals surface area (Å²) >= 11 is 1.56. The second-order valence-corrected chi connectivity index (χ2v) is 5.30. The van der Waals surface area contributed by atoms with Crippen LogP contribution in [-0.4, -0.2) is 5.91 Å². The maximum atomic E-state index is 12.1. The third-order valence-corrected chi connectivity index (χ3v) is 3.76. The van der Waals surface area contributed by atoms with Gasteiger partial charge in [-0.05, 0) is 30.0 Å². The summed E-state index contributed by atoms with van der Waals surface area (Å²) in [5.41, 5.74) is 1.75. The number of anilines is 1. The molecule has 1 atom stereocenters. The Bertz CT molecular complexity index is 599. The highest BCUT2D eigenvalue weighted by Gasteiger charge is 2.19. The van der Waals surface area contributed by atoms with Crippen LogP contribution in [0.1, 0.15) is 10.4 Å². The number of amides is 1. The molecule has 2 aromatic rings. The average Bonchev–Trinajstić information content (AvgIpc) is 2.91. The molecular weight excluding hydrogens is 256 g/mol. The standard InChI is InChI=1S/C15H14N2OS/c1-11-5-2-3-7-14(11)17-15(18)12(10-16)9-13-6-4-8-19-13/h2-8,12H,9H2,1H3,(H,17,18)/t12-/m0/s1. The van der Waals surface area contributed by atoms with Crippen LogP contribution in [0.25, 0.3) is 0 Å². The van der Waals surface area contributed by atoms with E-state index in [0.29, 0.717) is 6.42 Å². The number of para-hydroxylation sites is 1. The van der Waals surface area contributed by atoms with Crippen molar-refractivity contribution in [3.05, 3.63) is 52.2 Å². The van der Waals surface area contributed by atoms with Crippen LogP contribution in [0.4, 0.5) is 5.69 Å². The number of carbonyl (C=O) groups is 1. The fraction of sp³-hybridized carbons (Fsp3) is 0.200. The normalized spacial score (nSPS) is 11.6. The van der Waals surface area contributed by atoms with Gasteiger partial charge in [0.1, 0.15) is 5.92 Å². The zero-order chi connectivity index (χ0) is 13.7. The van der Waals surface area contributed by atoms with Gasteiger partial charge in [-0.1, -0.05) is 24.3 Å². The van der Waals surface area contributed by atoms with Gasteiger partial charge in [0.15, 0.2) is 0 Å². The average molecular weight is 270 g/mol. The number of hydrogen-bond acceptors (Lipinski definition) is 3. The lowest BCUT2D eigenvalue weighted by Gasteiger charge is -2.11. The molecule has 0 spiro atoms. The number of thiophene rings is 1. The number of benzene rings is 1. The van der Waals surface area contributed by atoms with Gasteiger partial charge >= 0.3 is 0 Å². The Morgan fingerprint density at radius 1 is 1.37 bits per heavy atom. The molecule has 0 aliphatic carbocycles. The van der Waals surface area contributed by atoms with E-state index >= 15 is 0 Å². The molecule has 19 heavy (non-hydrogen) atoms. The molecule has 4 heteroatoms. The summed E-state index contributed by atoms with van der Waals surface area (Å²) in [5.74, 6) is -0.900. The van der Waals surface area contributed by atoms with Crippen molar-refractivity contribution in [1.29, 1.82) is 5.26 Å². The predicted molar refractivity (Wildman–Crippen MR) is 76.9 cm³/mol. The monoisotopic (exact) mass is 270 g/mol. The van der Waals surface area contributed by atoms with Crippen molar-refractivity contribution in [1.82, 2.24) is 0 Å². The Morgan fingerprint density at radius 3 is 2.79 bits per heavy atom. The largest absolute Gasteiger partial charge is 0.325 e. The van der Waals surface area contributed by atoms with Gasteiger partial charge in [-0.15, -0.1) is 11.3 Å². The molecule has 1 aromatic carbocycles. The van der Waals surface area contributed by atoms with Crippen LogP contribution < -0.4 is 5.32 Å². The van der Waals surface area contributed by atoms with E-state index in [1.165, 1.54) is 0 Å². The molecule has 0 unspecified atom stereocenters. The van der Waals surface area contributed by atoms with Crippen molar-refractivity contribution in [2.75, 3.05) is 5.32 Å². The van der Waals surface area contributed by atoms with E-state index < -0.39 is 5.92 Å². The van der Waals surface area contributed by atoms with E-state index in [1.54, 1.807) is 11.3 Å². The zero-order valence-electron chi connectivity index (χ0n) is 10.6. The van der Waals surface area contributed by atoms with Gasteiger partial charge in [0.2, 0.25) is 5.91 Å². The van der Waals surface area contributed by atoms with Gasteiger partial charge in [-0.3, -0.25) is 4.79 Å². The SMILES string of the molecule is Cc1ccccc1NC(=O)[C@H](C#N)Cc1cccs1. The summed E-state index contributed by atoms with van der Waals surface area (Å²) in [4.78, 5) is 13.1. The lowest BCUT2D eigenvalue weighted by Crippen LogP contribution is -2.23. The van der Waals surface area contributed by atoms with Crippen LogP contribution >= 0.6 is 11.3 Å². The van der Waals surface area contributed by atoms with Crippen LogP contribution in [0.15, 0.2) is 41.8 Å². The molecule has 1 N–H and O–H groups in total. The van der Waals surface area contributed by atoms with Gasteiger partial charge in [0, 0.05) is 17.0 Å². The number of hydrogen-bond donors (Lipinski definition) is 1. The van der Waals surface area contributed by atoms with E-state index in [9.17, 15) is 4.79 Å². The lowest BCUT2D eigenvalue weighted by atomic mass is 10.0. The molecule has 0 fully saturated rings. The Kier molecular flexibility index (Phi) is 4.32. The van der Waals surface area contributed by atoms with Gasteiger partial charge in [0.25, 0.3) is 0 Å². The second kappa shape index (κ2) is 6.17. The van der Waals surface area contributed by atoms with Crippen LogP contribution in [0.3, 0.4) is 0 Å². The van der Waals surface area contributed by atoms with Crippen molar-refractivity contribution < 1.29 is 4.79 Å². The Labute approximate surface area is 116 Å². The molecule has 96 valence electrons. The van der Waals surface area contributed by atoms with Gasteiger partial charge in [0.05, 0.1) is 6.07 Å². The Morgan fingerprint density at radius 2 is 2.16 bits per heavy atom. The molecule has 0 saturated heterocycles. The number of nitrogens with one attached hydrogen (secondary N) is 1. The minimum atomic E-state index is -0.654. The highest BCUT2D eigenvalue weighted by atomic mass is 32.1. The van der Waals surface area contributed by atoms with Crippen LogP contribution in [-0.2, 0) is 11.2 Å².